The molecule has 0 aliphatic carbocycles. The third-order valence-electron chi connectivity index (χ3n) is 3.64. The zero-order valence-electron chi connectivity index (χ0n) is 12.5. The molecule has 0 radical (unpaired) electrons. The summed E-state index contributed by atoms with van der Waals surface area (Å²) in [5.41, 5.74) is 7.71. The third-order valence-corrected chi connectivity index (χ3v) is 3.64. The van der Waals surface area contributed by atoms with Gasteiger partial charge in [0.05, 0.1) is 0 Å². The number of rotatable bonds is 5. The Hall–Kier alpha value is -1.35. The maximum absolute atomic E-state index is 11.9. The lowest BCUT2D eigenvalue weighted by atomic mass is 9.80. The number of carbonyl (C=O) groups is 1. The Labute approximate surface area is 116 Å². The third kappa shape index (κ3) is 5.43. The summed E-state index contributed by atoms with van der Waals surface area (Å²) in [6, 6.07) is 7.89. The topological polar surface area (TPSA) is 55.1 Å². The molecular weight excluding hydrogens is 236 g/mol. The molecule has 0 fully saturated rings. The molecule has 0 heterocycles. The number of nitrogens with one attached hydrogen (secondary N) is 1. The number of carbonyl (C=O) groups excluding carboxylic acids is 1. The Morgan fingerprint density at radius 1 is 1.26 bits per heavy atom. The van der Waals surface area contributed by atoms with Gasteiger partial charge in [0.1, 0.15) is 0 Å². The second kappa shape index (κ2) is 6.71. The summed E-state index contributed by atoms with van der Waals surface area (Å²) in [6.45, 7) is 9.24. The maximum Gasteiger partial charge on any atom is 0.224 e. The van der Waals surface area contributed by atoms with E-state index in [4.69, 9.17) is 5.73 Å². The number of anilines is 1. The Morgan fingerprint density at radius 2 is 1.84 bits per heavy atom. The number of hydrogen-bond donors (Lipinski definition) is 2. The summed E-state index contributed by atoms with van der Waals surface area (Å²) in [5.74, 6) is 0.429. The van der Waals surface area contributed by atoms with E-state index in [1.54, 1.807) is 0 Å². The van der Waals surface area contributed by atoms with E-state index in [0.717, 1.165) is 12.1 Å². The monoisotopic (exact) mass is 262 g/mol. The van der Waals surface area contributed by atoms with Crippen molar-refractivity contribution in [1.82, 2.24) is 0 Å². The first-order valence-electron chi connectivity index (χ1n) is 6.92. The molecular formula is C16H26N2O. The first-order valence-corrected chi connectivity index (χ1v) is 6.92. The van der Waals surface area contributed by atoms with E-state index in [1.165, 1.54) is 5.56 Å². The Morgan fingerprint density at radius 3 is 2.32 bits per heavy atom. The molecule has 0 bridgehead atoms. The number of amides is 1. The molecule has 0 aliphatic rings. The van der Waals surface area contributed by atoms with Crippen LogP contribution in [0.5, 0.6) is 0 Å². The molecule has 0 saturated heterocycles. The molecule has 0 spiro atoms. The van der Waals surface area contributed by atoms with Crippen LogP contribution in [0.1, 0.15) is 39.7 Å². The normalized spacial score (nSPS) is 13.1. The van der Waals surface area contributed by atoms with Crippen LogP contribution in [0.15, 0.2) is 24.3 Å². The van der Waals surface area contributed by atoms with Crippen LogP contribution in [-0.2, 0) is 11.2 Å². The van der Waals surface area contributed by atoms with Crippen LogP contribution in [0.3, 0.4) is 0 Å². The average Bonchev–Trinajstić information content (AvgIpc) is 2.30. The molecule has 1 aromatic carbocycles. The SMILES string of the molecule is CC(CC(=O)Nc1ccc(CCN)cc1)C(C)(C)C. The van der Waals surface area contributed by atoms with Gasteiger partial charge in [0.15, 0.2) is 0 Å². The highest BCUT2D eigenvalue weighted by Gasteiger charge is 2.22. The van der Waals surface area contributed by atoms with Crippen molar-refractivity contribution in [3.8, 4) is 0 Å². The van der Waals surface area contributed by atoms with Crippen molar-refractivity contribution in [3.05, 3.63) is 29.8 Å². The standard InChI is InChI=1S/C16H26N2O/c1-12(16(2,3)4)11-15(19)18-14-7-5-13(6-8-14)9-10-17/h5-8,12H,9-11,17H2,1-4H3,(H,18,19). The highest BCUT2D eigenvalue weighted by atomic mass is 16.1. The second-order valence-electron chi connectivity index (χ2n) is 6.25. The van der Waals surface area contributed by atoms with Gasteiger partial charge >= 0.3 is 0 Å². The van der Waals surface area contributed by atoms with Crippen LogP contribution < -0.4 is 11.1 Å². The molecule has 19 heavy (non-hydrogen) atoms. The minimum Gasteiger partial charge on any atom is -0.330 e. The first-order chi connectivity index (χ1) is 8.82. The van der Waals surface area contributed by atoms with Gasteiger partial charge in [0.2, 0.25) is 5.91 Å². The Balaban J connectivity index is 2.53. The van der Waals surface area contributed by atoms with Crippen LogP contribution >= 0.6 is 0 Å². The molecule has 3 nitrogen and oxygen atoms in total. The fraction of sp³-hybridized carbons (Fsp3) is 0.562. The minimum atomic E-state index is 0.0778. The molecule has 3 heteroatoms. The van der Waals surface area contributed by atoms with Gasteiger partial charge in [-0.3, -0.25) is 4.79 Å². The molecule has 0 aliphatic heterocycles. The van der Waals surface area contributed by atoms with E-state index in [0.29, 0.717) is 18.9 Å². The van der Waals surface area contributed by atoms with Gasteiger partial charge in [-0.1, -0.05) is 39.8 Å². The van der Waals surface area contributed by atoms with E-state index >= 15 is 0 Å². The smallest absolute Gasteiger partial charge is 0.224 e. The van der Waals surface area contributed by atoms with Gasteiger partial charge in [-0.2, -0.15) is 0 Å². The molecule has 1 amide bonds. The molecule has 1 unspecified atom stereocenters. The van der Waals surface area contributed by atoms with Crippen molar-refractivity contribution in [2.24, 2.45) is 17.1 Å². The molecule has 0 aromatic heterocycles. The highest BCUT2D eigenvalue weighted by Crippen LogP contribution is 2.28. The zero-order valence-corrected chi connectivity index (χ0v) is 12.5. The summed E-state index contributed by atoms with van der Waals surface area (Å²) in [6.07, 6.45) is 1.42. The second-order valence-corrected chi connectivity index (χ2v) is 6.25. The number of hydrogen-bond acceptors (Lipinski definition) is 2. The Bertz CT molecular complexity index is 404. The van der Waals surface area contributed by atoms with E-state index < -0.39 is 0 Å². The average molecular weight is 262 g/mol. The van der Waals surface area contributed by atoms with E-state index in [-0.39, 0.29) is 11.3 Å². The molecule has 3 N–H and O–H groups in total. The van der Waals surface area contributed by atoms with Crippen molar-refractivity contribution in [1.29, 1.82) is 0 Å². The van der Waals surface area contributed by atoms with E-state index in [2.05, 4.69) is 33.0 Å². The lowest BCUT2D eigenvalue weighted by Crippen LogP contribution is -2.23. The summed E-state index contributed by atoms with van der Waals surface area (Å²) in [4.78, 5) is 11.9. The van der Waals surface area contributed by atoms with E-state index in [1.807, 2.05) is 24.3 Å². The highest BCUT2D eigenvalue weighted by molar-refractivity contribution is 5.90. The lowest BCUT2D eigenvalue weighted by molar-refractivity contribution is -0.117. The molecule has 0 saturated carbocycles. The lowest BCUT2D eigenvalue weighted by Gasteiger charge is -2.26. The van der Waals surface area contributed by atoms with Gasteiger partial charge in [-0.15, -0.1) is 0 Å². The molecule has 106 valence electrons. The van der Waals surface area contributed by atoms with Crippen molar-refractivity contribution >= 4 is 11.6 Å². The summed E-state index contributed by atoms with van der Waals surface area (Å²) in [7, 11) is 0. The summed E-state index contributed by atoms with van der Waals surface area (Å²) < 4.78 is 0. The summed E-state index contributed by atoms with van der Waals surface area (Å²) in [5, 5.41) is 2.94. The number of nitrogens with two attached hydrogens (primary N) is 1. The van der Waals surface area contributed by atoms with Crippen LogP contribution in [-0.4, -0.2) is 12.5 Å². The predicted molar refractivity (Wildman–Crippen MR) is 81.1 cm³/mol. The fourth-order valence-corrected chi connectivity index (χ4v) is 1.72. The van der Waals surface area contributed by atoms with Crippen LogP contribution in [0, 0.1) is 11.3 Å². The maximum atomic E-state index is 11.9. The summed E-state index contributed by atoms with van der Waals surface area (Å²) >= 11 is 0. The van der Waals surface area contributed by atoms with Crippen molar-refractivity contribution < 1.29 is 4.79 Å². The van der Waals surface area contributed by atoms with E-state index in [9.17, 15) is 4.79 Å². The molecule has 1 atom stereocenters. The van der Waals surface area contributed by atoms with Crippen molar-refractivity contribution in [3.63, 3.8) is 0 Å². The quantitative estimate of drug-likeness (QED) is 0.856. The number of benzene rings is 1. The van der Waals surface area contributed by atoms with Crippen molar-refractivity contribution in [2.75, 3.05) is 11.9 Å². The van der Waals surface area contributed by atoms with Gasteiger partial charge in [-0.25, -0.2) is 0 Å². The molecule has 1 rings (SSSR count). The largest absolute Gasteiger partial charge is 0.330 e. The zero-order chi connectivity index (χ0) is 14.5. The Kier molecular flexibility index (Phi) is 5.55. The van der Waals surface area contributed by atoms with Crippen molar-refractivity contribution in [2.45, 2.75) is 40.5 Å². The van der Waals surface area contributed by atoms with Gasteiger partial charge in [0.25, 0.3) is 0 Å². The van der Waals surface area contributed by atoms with Gasteiger partial charge in [0, 0.05) is 12.1 Å². The van der Waals surface area contributed by atoms with Gasteiger partial charge in [-0.05, 0) is 42.0 Å². The molecule has 1 aromatic rings. The van der Waals surface area contributed by atoms with Crippen LogP contribution in [0.4, 0.5) is 5.69 Å². The van der Waals surface area contributed by atoms with Crippen LogP contribution in [0.2, 0.25) is 0 Å². The predicted octanol–water partition coefficient (Wildman–Crippen LogP) is 3.20. The fourth-order valence-electron chi connectivity index (χ4n) is 1.72. The van der Waals surface area contributed by atoms with Crippen LogP contribution in [0.25, 0.3) is 0 Å². The minimum absolute atomic E-state index is 0.0778. The van der Waals surface area contributed by atoms with Gasteiger partial charge < -0.3 is 11.1 Å². The first kappa shape index (κ1) is 15.7.